The maximum Gasteiger partial charge on any atom is 0.408 e. The number of ether oxygens (including phenoxy) is 3. The number of rotatable bonds is 12. The number of carbonyl (C=O) groups is 4. The molecule has 2 aromatic heterocycles. The zero-order chi connectivity index (χ0) is 43.9. The van der Waals surface area contributed by atoms with Crippen LogP contribution in [0.3, 0.4) is 0 Å². The Kier molecular flexibility index (Phi) is 12.7. The van der Waals surface area contributed by atoms with Crippen LogP contribution in [0.1, 0.15) is 54.4 Å². The van der Waals surface area contributed by atoms with Crippen molar-refractivity contribution in [3.63, 3.8) is 0 Å². The van der Waals surface area contributed by atoms with E-state index >= 15 is 0 Å². The van der Waals surface area contributed by atoms with Gasteiger partial charge in [-0.15, -0.1) is 17.9 Å². The molecular weight excluding hydrogens is 898 g/mol. The Morgan fingerprint density at radius 3 is 2.35 bits per heavy atom. The van der Waals surface area contributed by atoms with Crippen molar-refractivity contribution in [3.8, 4) is 22.8 Å². The van der Waals surface area contributed by atoms with Crippen molar-refractivity contribution >= 4 is 83.6 Å². The molecule has 5 atom stereocenters. The molecule has 1 saturated carbocycles. The molecule has 1 saturated heterocycles. The molecule has 1 aliphatic heterocycles. The third-order valence-corrected chi connectivity index (χ3v) is 14.4. The Hall–Kier alpha value is -4.71. The lowest BCUT2D eigenvalue weighted by atomic mass is 9.85. The monoisotopic (exact) mass is 943 g/mol. The van der Waals surface area contributed by atoms with E-state index < -0.39 is 74.5 Å². The van der Waals surface area contributed by atoms with Gasteiger partial charge in [0.05, 0.1) is 33.7 Å². The van der Waals surface area contributed by atoms with E-state index in [1.54, 1.807) is 66.9 Å². The highest BCUT2D eigenvalue weighted by Gasteiger charge is 2.61. The summed E-state index contributed by atoms with van der Waals surface area (Å²) in [4.78, 5) is 62.5. The highest BCUT2D eigenvalue weighted by molar-refractivity contribution is 9.11. The van der Waals surface area contributed by atoms with Crippen molar-refractivity contribution in [2.45, 2.75) is 87.9 Å². The van der Waals surface area contributed by atoms with Gasteiger partial charge in [-0.2, -0.15) is 0 Å². The number of thiophene rings is 1. The van der Waals surface area contributed by atoms with Crippen LogP contribution in [-0.4, -0.2) is 85.1 Å². The number of sulfonamides is 1. The highest BCUT2D eigenvalue weighted by Crippen LogP contribution is 2.46. The smallest absolute Gasteiger partial charge is 0.408 e. The van der Waals surface area contributed by atoms with Gasteiger partial charge in [0.1, 0.15) is 45.0 Å². The molecule has 2 fully saturated rings. The Bertz CT molecular complexity index is 2430. The summed E-state index contributed by atoms with van der Waals surface area (Å²) in [6, 6.07) is 15.5. The molecule has 4 amide bonds. The van der Waals surface area contributed by atoms with E-state index in [1.165, 1.54) is 17.0 Å². The van der Waals surface area contributed by atoms with E-state index in [0.717, 1.165) is 16.9 Å². The number of methoxy groups -OCH3 is 1. The standard InChI is InChI=1S/C42H47BrClN5O9S2/c1-9-24-21-42(24,38(52)48-60(54,55)33-19-28(44)35(43)59-33)47-36(50)31-18-26(22-49(31)37(51)34(40(2,3)4)46-39(53)58-41(5,6)7)57-32-20-29(23-13-11-10-12-14-23)45-30-17-25(56-8)15-16-27(30)32/h9-17,19-20,24,26,31,34H,1,18,21-22H2,2-8H3,(H,46,53)(H,47,50)(H,48,52)/t24-,26-,31+,34-,42-/m1/s1. The SMILES string of the molecule is C=C[C@@H]1C[C@]1(NC(=O)[C@@H]1C[C@@H](Oc2cc(-c3ccccc3)nc3cc(OC)ccc23)CN1C(=O)[C@@H](NC(=O)OC(C)(C)C)C(C)(C)C)C(=O)NS(=O)(=O)c1cc(Cl)c(Br)s1. The highest BCUT2D eigenvalue weighted by atomic mass is 79.9. The van der Waals surface area contributed by atoms with E-state index in [1.807, 2.05) is 36.4 Å². The Morgan fingerprint density at radius 2 is 1.77 bits per heavy atom. The second-order valence-electron chi connectivity index (χ2n) is 16.8. The molecule has 0 radical (unpaired) electrons. The minimum absolute atomic E-state index is 0.0298. The number of pyridine rings is 1. The van der Waals surface area contributed by atoms with Gasteiger partial charge in [-0.25, -0.2) is 22.9 Å². The molecular formula is C42H47BrClN5O9S2. The number of nitrogens with zero attached hydrogens (tertiary/aromatic N) is 2. The predicted molar refractivity (Wildman–Crippen MR) is 232 cm³/mol. The molecule has 6 rings (SSSR count). The second kappa shape index (κ2) is 17.0. The number of fused-ring (bicyclic) bond motifs is 1. The first kappa shape index (κ1) is 44.8. The first-order valence-corrected chi connectivity index (χ1v) is 22.5. The van der Waals surface area contributed by atoms with Gasteiger partial charge in [-0.05, 0) is 66.7 Å². The number of hydrogen-bond acceptors (Lipinski definition) is 11. The molecule has 0 bridgehead atoms. The summed E-state index contributed by atoms with van der Waals surface area (Å²) in [6.07, 6.45) is -0.109. The van der Waals surface area contributed by atoms with Crippen LogP contribution >= 0.6 is 38.9 Å². The lowest BCUT2D eigenvalue weighted by Gasteiger charge is -2.36. The molecule has 0 unspecified atom stereocenters. The van der Waals surface area contributed by atoms with E-state index in [0.29, 0.717) is 31.9 Å². The van der Waals surface area contributed by atoms with Gasteiger partial charge < -0.3 is 29.7 Å². The minimum Gasteiger partial charge on any atom is -0.497 e. The molecule has 2 aromatic carbocycles. The van der Waals surface area contributed by atoms with Crippen molar-refractivity contribution in [3.05, 3.63) is 82.1 Å². The van der Waals surface area contributed by atoms with E-state index in [4.69, 9.17) is 30.8 Å². The first-order valence-electron chi connectivity index (χ1n) is 19.0. The topological polar surface area (TPSA) is 182 Å². The first-order chi connectivity index (χ1) is 28.0. The van der Waals surface area contributed by atoms with Gasteiger partial charge in [-0.3, -0.25) is 14.4 Å². The molecule has 1 aliphatic carbocycles. The summed E-state index contributed by atoms with van der Waals surface area (Å²) < 4.78 is 46.5. The fraction of sp³-hybridized carbons (Fsp3) is 0.405. The second-order valence-corrected chi connectivity index (χ2v) is 21.5. The van der Waals surface area contributed by atoms with Crippen LogP contribution < -0.4 is 24.8 Å². The van der Waals surface area contributed by atoms with Crippen molar-refractivity contribution in [1.29, 1.82) is 0 Å². The zero-order valence-electron chi connectivity index (χ0n) is 34.1. The van der Waals surface area contributed by atoms with Crippen molar-refractivity contribution < 1.29 is 41.8 Å². The molecule has 320 valence electrons. The largest absolute Gasteiger partial charge is 0.497 e. The van der Waals surface area contributed by atoms with Crippen LogP contribution in [0.5, 0.6) is 11.5 Å². The Labute approximate surface area is 366 Å². The van der Waals surface area contributed by atoms with Crippen LogP contribution in [0, 0.1) is 11.3 Å². The Balaban J connectivity index is 1.35. The van der Waals surface area contributed by atoms with Crippen molar-refractivity contribution in [2.24, 2.45) is 11.3 Å². The number of amides is 4. The number of benzene rings is 2. The molecule has 60 heavy (non-hydrogen) atoms. The molecule has 4 aromatic rings. The fourth-order valence-corrected chi connectivity index (χ4v) is 10.4. The van der Waals surface area contributed by atoms with Gasteiger partial charge in [0.2, 0.25) is 11.8 Å². The van der Waals surface area contributed by atoms with Gasteiger partial charge >= 0.3 is 6.09 Å². The molecule has 3 heterocycles. The van der Waals surface area contributed by atoms with Gasteiger partial charge in [0.15, 0.2) is 0 Å². The average molecular weight is 945 g/mol. The normalized spacial score (nSPS) is 20.8. The van der Waals surface area contributed by atoms with Crippen LogP contribution in [0.4, 0.5) is 4.79 Å². The number of halogens is 2. The molecule has 18 heteroatoms. The maximum atomic E-state index is 14.7. The predicted octanol–water partition coefficient (Wildman–Crippen LogP) is 7.24. The summed E-state index contributed by atoms with van der Waals surface area (Å²) in [5, 5.41) is 6.31. The summed E-state index contributed by atoms with van der Waals surface area (Å²) >= 11 is 10.1. The van der Waals surface area contributed by atoms with Gasteiger partial charge in [0, 0.05) is 35.4 Å². The maximum absolute atomic E-state index is 14.7. The number of nitrogens with one attached hydrogen (secondary N) is 3. The third kappa shape index (κ3) is 9.74. The fourth-order valence-electron chi connectivity index (χ4n) is 7.01. The average Bonchev–Trinajstić information content (AvgIpc) is 3.54. The summed E-state index contributed by atoms with van der Waals surface area (Å²) in [7, 11) is -2.83. The van der Waals surface area contributed by atoms with Gasteiger partial charge in [-0.1, -0.05) is 68.8 Å². The molecule has 2 aliphatic rings. The molecule has 3 N–H and O–H groups in total. The quantitative estimate of drug-likeness (QED) is 0.123. The summed E-state index contributed by atoms with van der Waals surface area (Å²) in [5.41, 5.74) is -1.38. The van der Waals surface area contributed by atoms with Crippen LogP contribution in [-0.2, 0) is 29.1 Å². The van der Waals surface area contributed by atoms with E-state index in [9.17, 15) is 27.6 Å². The Morgan fingerprint density at radius 1 is 1.07 bits per heavy atom. The lowest BCUT2D eigenvalue weighted by Crippen LogP contribution is -2.60. The molecule has 14 nitrogen and oxygen atoms in total. The number of likely N-dealkylation sites (tertiary alicyclic amines) is 1. The van der Waals surface area contributed by atoms with Crippen molar-refractivity contribution in [1.82, 2.24) is 25.2 Å². The van der Waals surface area contributed by atoms with Crippen molar-refractivity contribution in [2.75, 3.05) is 13.7 Å². The number of aromatic nitrogens is 1. The van der Waals surface area contributed by atoms with E-state index in [-0.39, 0.29) is 28.6 Å². The molecule has 0 spiro atoms. The summed E-state index contributed by atoms with van der Waals surface area (Å²) in [6.45, 7) is 14.1. The number of hydrogen-bond donors (Lipinski definition) is 3. The number of carbonyl (C=O) groups excluding carboxylic acids is 4. The number of alkyl carbamates (subject to hydrolysis) is 1. The van der Waals surface area contributed by atoms with Gasteiger partial charge in [0.25, 0.3) is 15.9 Å². The van der Waals surface area contributed by atoms with Crippen LogP contribution in [0.25, 0.3) is 22.2 Å². The third-order valence-electron chi connectivity index (χ3n) is 10.1. The lowest BCUT2D eigenvalue weighted by molar-refractivity contribution is -0.143. The van der Waals surface area contributed by atoms with Crippen LogP contribution in [0.2, 0.25) is 5.02 Å². The van der Waals surface area contributed by atoms with Crippen LogP contribution in [0.15, 0.2) is 81.3 Å². The zero-order valence-corrected chi connectivity index (χ0v) is 38.1. The minimum atomic E-state index is -4.39. The summed E-state index contributed by atoms with van der Waals surface area (Å²) in [5.74, 6) is -1.90. The van der Waals surface area contributed by atoms with E-state index in [2.05, 4.69) is 37.9 Å².